The topological polar surface area (TPSA) is 50.1 Å². The highest BCUT2D eigenvalue weighted by Gasteiger charge is 2.34. The number of hydrogen-bond acceptors (Lipinski definition) is 3. The Morgan fingerprint density at radius 2 is 1.84 bits per heavy atom. The molecule has 0 saturated carbocycles. The molecule has 2 N–H and O–H groups in total. The molecule has 1 heterocycles. The van der Waals surface area contributed by atoms with Gasteiger partial charge < -0.3 is 10.4 Å². The highest BCUT2D eigenvalue weighted by molar-refractivity contribution is 5.02. The van der Waals surface area contributed by atoms with Gasteiger partial charge in [-0.1, -0.05) is 13.8 Å². The largest absolute Gasteiger partial charge is 0.389 e. The molecule has 0 aromatic carbocycles. The van der Waals surface area contributed by atoms with Gasteiger partial charge in [-0.3, -0.25) is 4.68 Å². The Bertz CT molecular complexity index is 386. The fraction of sp³-hybridized carbons (Fsp3) is 0.800. The van der Waals surface area contributed by atoms with Crippen LogP contribution in [0.15, 0.2) is 12.3 Å². The molecule has 0 fully saturated rings. The van der Waals surface area contributed by atoms with Crippen molar-refractivity contribution in [2.45, 2.75) is 78.1 Å². The van der Waals surface area contributed by atoms with Gasteiger partial charge in [-0.05, 0) is 46.6 Å². The van der Waals surface area contributed by atoms with Gasteiger partial charge in [0.05, 0.1) is 17.3 Å². The lowest BCUT2D eigenvalue weighted by Crippen LogP contribution is -2.55. The molecule has 4 nitrogen and oxygen atoms in total. The summed E-state index contributed by atoms with van der Waals surface area (Å²) in [6.07, 6.45) is 4.24. The van der Waals surface area contributed by atoms with Crippen molar-refractivity contribution in [2.24, 2.45) is 0 Å². The monoisotopic (exact) mass is 267 g/mol. The van der Waals surface area contributed by atoms with Crippen LogP contribution in [0.1, 0.15) is 66.1 Å². The SMILES string of the molecule is CCC(CC)n1ccc(CNC(C)(C)C(C)(C)O)n1. The second-order valence-corrected chi connectivity index (χ2v) is 6.29. The molecule has 0 amide bonds. The third-order valence-electron chi connectivity index (χ3n) is 4.22. The van der Waals surface area contributed by atoms with Crippen molar-refractivity contribution in [2.75, 3.05) is 0 Å². The molecule has 110 valence electrons. The first-order valence-corrected chi connectivity index (χ1v) is 7.22. The van der Waals surface area contributed by atoms with Gasteiger partial charge in [0.15, 0.2) is 0 Å². The molecular weight excluding hydrogens is 238 g/mol. The summed E-state index contributed by atoms with van der Waals surface area (Å²) in [7, 11) is 0. The van der Waals surface area contributed by atoms with E-state index in [0.29, 0.717) is 12.6 Å². The quantitative estimate of drug-likeness (QED) is 0.798. The van der Waals surface area contributed by atoms with Gasteiger partial charge in [0.2, 0.25) is 0 Å². The van der Waals surface area contributed by atoms with Crippen molar-refractivity contribution in [3.63, 3.8) is 0 Å². The molecule has 0 bridgehead atoms. The summed E-state index contributed by atoms with van der Waals surface area (Å²) < 4.78 is 2.05. The maximum absolute atomic E-state index is 10.1. The van der Waals surface area contributed by atoms with E-state index >= 15 is 0 Å². The minimum atomic E-state index is -0.773. The van der Waals surface area contributed by atoms with Crippen LogP contribution in [-0.4, -0.2) is 26.0 Å². The zero-order chi connectivity index (χ0) is 14.7. The van der Waals surface area contributed by atoms with Gasteiger partial charge in [0.25, 0.3) is 0 Å². The maximum Gasteiger partial charge on any atom is 0.0767 e. The van der Waals surface area contributed by atoms with Crippen LogP contribution >= 0.6 is 0 Å². The number of hydrogen-bond donors (Lipinski definition) is 2. The lowest BCUT2D eigenvalue weighted by atomic mass is 9.86. The fourth-order valence-electron chi connectivity index (χ4n) is 1.87. The Kier molecular flexibility index (Phi) is 5.16. The van der Waals surface area contributed by atoms with Crippen LogP contribution in [-0.2, 0) is 6.54 Å². The predicted molar refractivity (Wildman–Crippen MR) is 79.1 cm³/mol. The molecule has 1 rings (SSSR count). The van der Waals surface area contributed by atoms with E-state index in [9.17, 15) is 5.11 Å². The second kappa shape index (κ2) is 6.06. The summed E-state index contributed by atoms with van der Waals surface area (Å²) in [5, 5.41) is 18.1. The Morgan fingerprint density at radius 1 is 1.26 bits per heavy atom. The highest BCUT2D eigenvalue weighted by atomic mass is 16.3. The fourth-order valence-corrected chi connectivity index (χ4v) is 1.87. The molecule has 1 aromatic heterocycles. The van der Waals surface area contributed by atoms with E-state index in [4.69, 9.17) is 0 Å². The molecular formula is C15H29N3O. The minimum absolute atomic E-state index is 0.355. The van der Waals surface area contributed by atoms with Crippen LogP contribution in [0.3, 0.4) is 0 Å². The number of aromatic nitrogens is 2. The molecule has 0 atom stereocenters. The molecule has 0 radical (unpaired) electrons. The Labute approximate surface area is 117 Å². The molecule has 0 aliphatic heterocycles. The Morgan fingerprint density at radius 3 is 2.32 bits per heavy atom. The number of rotatable bonds is 7. The summed E-state index contributed by atoms with van der Waals surface area (Å²) in [5.74, 6) is 0. The second-order valence-electron chi connectivity index (χ2n) is 6.29. The van der Waals surface area contributed by atoms with E-state index in [2.05, 4.69) is 24.3 Å². The van der Waals surface area contributed by atoms with Crippen LogP contribution in [0.5, 0.6) is 0 Å². The van der Waals surface area contributed by atoms with E-state index in [1.807, 2.05) is 44.6 Å². The van der Waals surface area contributed by atoms with Crippen molar-refractivity contribution in [3.05, 3.63) is 18.0 Å². The first-order chi connectivity index (χ1) is 8.71. The van der Waals surface area contributed by atoms with Gasteiger partial charge in [-0.2, -0.15) is 5.10 Å². The molecule has 0 spiro atoms. The third-order valence-corrected chi connectivity index (χ3v) is 4.22. The Hall–Kier alpha value is -0.870. The van der Waals surface area contributed by atoms with Crippen molar-refractivity contribution in [3.8, 4) is 0 Å². The summed E-state index contributed by atoms with van der Waals surface area (Å²) in [6.45, 7) is 12.7. The summed E-state index contributed by atoms with van der Waals surface area (Å²) in [4.78, 5) is 0. The number of aliphatic hydroxyl groups is 1. The van der Waals surface area contributed by atoms with E-state index in [-0.39, 0.29) is 5.54 Å². The first kappa shape index (κ1) is 16.2. The lowest BCUT2D eigenvalue weighted by molar-refractivity contribution is -0.00548. The number of nitrogens with one attached hydrogen (secondary N) is 1. The standard InChI is InChI=1S/C15H29N3O/c1-7-13(8-2)18-10-9-12(17-18)11-16-14(3,4)15(5,6)19/h9-10,13,16,19H,7-8,11H2,1-6H3. The van der Waals surface area contributed by atoms with Gasteiger partial charge in [-0.25, -0.2) is 0 Å². The molecule has 4 heteroatoms. The van der Waals surface area contributed by atoms with Gasteiger partial charge in [0, 0.05) is 18.3 Å². The zero-order valence-electron chi connectivity index (χ0n) is 13.2. The van der Waals surface area contributed by atoms with E-state index in [1.54, 1.807) is 0 Å². The third kappa shape index (κ3) is 4.05. The van der Waals surface area contributed by atoms with Crippen LogP contribution in [0.2, 0.25) is 0 Å². The minimum Gasteiger partial charge on any atom is -0.389 e. The normalized spacial score (nSPS) is 13.3. The summed E-state index contributed by atoms with van der Waals surface area (Å²) >= 11 is 0. The Balaban J connectivity index is 2.65. The van der Waals surface area contributed by atoms with Crippen molar-refractivity contribution < 1.29 is 5.11 Å². The van der Waals surface area contributed by atoms with Crippen molar-refractivity contribution in [1.29, 1.82) is 0 Å². The van der Waals surface area contributed by atoms with Crippen LogP contribution in [0.4, 0.5) is 0 Å². The maximum atomic E-state index is 10.1. The molecule has 1 aromatic rings. The predicted octanol–water partition coefficient (Wildman–Crippen LogP) is 2.88. The van der Waals surface area contributed by atoms with E-state index < -0.39 is 5.60 Å². The lowest BCUT2D eigenvalue weighted by Gasteiger charge is -2.38. The zero-order valence-corrected chi connectivity index (χ0v) is 13.2. The number of nitrogens with zero attached hydrogens (tertiary/aromatic N) is 2. The van der Waals surface area contributed by atoms with Crippen molar-refractivity contribution in [1.82, 2.24) is 15.1 Å². The van der Waals surface area contributed by atoms with E-state index in [1.165, 1.54) is 0 Å². The van der Waals surface area contributed by atoms with Crippen LogP contribution in [0.25, 0.3) is 0 Å². The smallest absolute Gasteiger partial charge is 0.0767 e. The highest BCUT2D eigenvalue weighted by Crippen LogP contribution is 2.21. The van der Waals surface area contributed by atoms with Crippen LogP contribution in [0, 0.1) is 0 Å². The van der Waals surface area contributed by atoms with Gasteiger partial charge in [0.1, 0.15) is 0 Å². The molecule has 0 aliphatic rings. The van der Waals surface area contributed by atoms with Crippen molar-refractivity contribution >= 4 is 0 Å². The first-order valence-electron chi connectivity index (χ1n) is 7.22. The average molecular weight is 267 g/mol. The molecule has 0 saturated heterocycles. The molecule has 0 unspecified atom stereocenters. The van der Waals surface area contributed by atoms with Gasteiger partial charge in [-0.15, -0.1) is 0 Å². The molecule has 0 aliphatic carbocycles. The molecule has 19 heavy (non-hydrogen) atoms. The average Bonchev–Trinajstić information content (AvgIpc) is 2.75. The van der Waals surface area contributed by atoms with Gasteiger partial charge >= 0.3 is 0 Å². The summed E-state index contributed by atoms with van der Waals surface area (Å²) in [6, 6.07) is 2.53. The van der Waals surface area contributed by atoms with E-state index in [0.717, 1.165) is 18.5 Å². The summed E-state index contributed by atoms with van der Waals surface area (Å²) in [5.41, 5.74) is -0.111. The van der Waals surface area contributed by atoms with Crippen LogP contribution < -0.4 is 5.32 Å².